The molecule has 1 N–H and O–H groups in total. The van der Waals surface area contributed by atoms with E-state index in [1.165, 1.54) is 6.07 Å². The molecule has 0 aliphatic rings. The predicted octanol–water partition coefficient (Wildman–Crippen LogP) is 2.02. The quantitative estimate of drug-likeness (QED) is 0.577. The molecule has 0 radical (unpaired) electrons. The van der Waals surface area contributed by atoms with Gasteiger partial charge in [0.1, 0.15) is 24.2 Å². The molecular weight excluding hydrogens is 320 g/mol. The zero-order valence-electron chi connectivity index (χ0n) is 13.2. The first kappa shape index (κ1) is 15.1. The van der Waals surface area contributed by atoms with Crippen molar-refractivity contribution in [2.24, 2.45) is 0 Å². The predicted molar refractivity (Wildman–Crippen MR) is 91.9 cm³/mol. The highest BCUT2D eigenvalue weighted by Crippen LogP contribution is 2.12. The van der Waals surface area contributed by atoms with Crippen LogP contribution in [-0.4, -0.2) is 25.9 Å². The average Bonchev–Trinajstić information content (AvgIpc) is 3.10. The number of ether oxygens (including phenoxy) is 1. The van der Waals surface area contributed by atoms with Gasteiger partial charge in [-0.15, -0.1) is 0 Å². The standard InChI is InChI=1S/C18H14N4O3/c23-17-7-8-22(16-4-2-1-3-13(16)17)10-18(24)25-11-12-5-6-14-15(9-12)20-21-19-14/h1-9H,10-11H2,(H,19,20,21). The number of hydrogen-bond acceptors (Lipinski definition) is 5. The molecule has 0 fully saturated rings. The minimum absolute atomic E-state index is 0.0347. The highest BCUT2D eigenvalue weighted by atomic mass is 16.5. The molecule has 0 amide bonds. The van der Waals surface area contributed by atoms with E-state index in [1.807, 2.05) is 30.3 Å². The van der Waals surface area contributed by atoms with Crippen molar-refractivity contribution in [1.29, 1.82) is 0 Å². The number of nitrogens with one attached hydrogen (secondary N) is 1. The maximum absolute atomic E-state index is 12.2. The van der Waals surface area contributed by atoms with Gasteiger partial charge in [0.2, 0.25) is 0 Å². The lowest BCUT2D eigenvalue weighted by Gasteiger charge is -2.10. The molecule has 2 aromatic heterocycles. The van der Waals surface area contributed by atoms with E-state index in [0.717, 1.165) is 16.6 Å². The van der Waals surface area contributed by atoms with Crippen LogP contribution >= 0.6 is 0 Å². The van der Waals surface area contributed by atoms with Gasteiger partial charge < -0.3 is 9.30 Å². The van der Waals surface area contributed by atoms with E-state index in [-0.39, 0.29) is 24.5 Å². The Labute approximate surface area is 141 Å². The van der Waals surface area contributed by atoms with Crippen molar-refractivity contribution in [2.75, 3.05) is 0 Å². The number of benzene rings is 2. The van der Waals surface area contributed by atoms with Crippen LogP contribution in [0.5, 0.6) is 0 Å². The van der Waals surface area contributed by atoms with Gasteiger partial charge in [-0.3, -0.25) is 9.59 Å². The van der Waals surface area contributed by atoms with Crippen LogP contribution in [0.4, 0.5) is 0 Å². The van der Waals surface area contributed by atoms with Gasteiger partial charge in [-0.1, -0.05) is 18.2 Å². The number of H-pyrrole nitrogens is 1. The number of aromatic nitrogens is 4. The summed E-state index contributed by atoms with van der Waals surface area (Å²) >= 11 is 0. The average molecular weight is 334 g/mol. The van der Waals surface area contributed by atoms with Crippen LogP contribution in [0, 0.1) is 0 Å². The summed E-state index contributed by atoms with van der Waals surface area (Å²) in [7, 11) is 0. The molecule has 4 rings (SSSR count). The molecule has 0 bridgehead atoms. The Bertz CT molecular complexity index is 1130. The third-order valence-electron chi connectivity index (χ3n) is 3.96. The molecule has 0 aliphatic heterocycles. The second kappa shape index (κ2) is 6.20. The molecule has 2 aromatic carbocycles. The van der Waals surface area contributed by atoms with Crippen molar-refractivity contribution < 1.29 is 9.53 Å². The van der Waals surface area contributed by atoms with E-state index in [4.69, 9.17) is 4.74 Å². The number of aromatic amines is 1. The smallest absolute Gasteiger partial charge is 0.326 e. The monoisotopic (exact) mass is 334 g/mol. The summed E-state index contributed by atoms with van der Waals surface area (Å²) in [5, 5.41) is 11.1. The summed E-state index contributed by atoms with van der Waals surface area (Å²) in [4.78, 5) is 24.0. The molecule has 7 heteroatoms. The maximum atomic E-state index is 12.2. The zero-order valence-corrected chi connectivity index (χ0v) is 13.2. The van der Waals surface area contributed by atoms with E-state index >= 15 is 0 Å². The topological polar surface area (TPSA) is 89.9 Å². The Kier molecular flexibility index (Phi) is 3.74. The molecule has 0 spiro atoms. The first-order valence-electron chi connectivity index (χ1n) is 7.74. The van der Waals surface area contributed by atoms with Crippen LogP contribution in [-0.2, 0) is 22.7 Å². The molecule has 25 heavy (non-hydrogen) atoms. The van der Waals surface area contributed by atoms with Crippen molar-refractivity contribution in [3.05, 3.63) is 70.5 Å². The van der Waals surface area contributed by atoms with Gasteiger partial charge >= 0.3 is 5.97 Å². The Morgan fingerprint density at radius 3 is 2.84 bits per heavy atom. The fourth-order valence-corrected chi connectivity index (χ4v) is 2.72. The number of esters is 1. The number of pyridine rings is 1. The first-order chi connectivity index (χ1) is 12.2. The minimum Gasteiger partial charge on any atom is -0.459 e. The third-order valence-corrected chi connectivity index (χ3v) is 3.96. The minimum atomic E-state index is -0.381. The molecule has 124 valence electrons. The lowest BCUT2D eigenvalue weighted by Crippen LogP contribution is -2.16. The molecular formula is C18H14N4O3. The highest BCUT2D eigenvalue weighted by Gasteiger charge is 2.09. The molecule has 0 saturated carbocycles. The van der Waals surface area contributed by atoms with E-state index in [0.29, 0.717) is 10.9 Å². The molecule has 0 unspecified atom stereocenters. The summed E-state index contributed by atoms with van der Waals surface area (Å²) in [6.45, 7) is 0.187. The zero-order chi connectivity index (χ0) is 17.2. The largest absolute Gasteiger partial charge is 0.459 e. The molecule has 0 atom stereocenters. The number of carbonyl (C=O) groups is 1. The Morgan fingerprint density at radius 2 is 1.92 bits per heavy atom. The fraction of sp³-hybridized carbons (Fsp3) is 0.111. The van der Waals surface area contributed by atoms with Crippen molar-refractivity contribution in [2.45, 2.75) is 13.2 Å². The second-order valence-corrected chi connectivity index (χ2v) is 5.63. The maximum Gasteiger partial charge on any atom is 0.326 e. The lowest BCUT2D eigenvalue weighted by atomic mass is 10.2. The van der Waals surface area contributed by atoms with Gasteiger partial charge in [-0.2, -0.15) is 15.4 Å². The van der Waals surface area contributed by atoms with Gasteiger partial charge in [0.25, 0.3) is 0 Å². The number of nitrogens with zero attached hydrogens (tertiary/aromatic N) is 3. The van der Waals surface area contributed by atoms with E-state index in [2.05, 4.69) is 15.4 Å². The lowest BCUT2D eigenvalue weighted by molar-refractivity contribution is -0.145. The summed E-state index contributed by atoms with van der Waals surface area (Å²) in [5.74, 6) is -0.381. The van der Waals surface area contributed by atoms with Crippen LogP contribution in [0.1, 0.15) is 5.56 Å². The Hall–Kier alpha value is -3.48. The van der Waals surface area contributed by atoms with Crippen molar-refractivity contribution >= 4 is 27.9 Å². The summed E-state index contributed by atoms with van der Waals surface area (Å²) in [6, 6.07) is 14.1. The van der Waals surface area contributed by atoms with Crippen molar-refractivity contribution in [3.63, 3.8) is 0 Å². The van der Waals surface area contributed by atoms with Crippen LogP contribution < -0.4 is 5.43 Å². The van der Waals surface area contributed by atoms with Gasteiger partial charge in [-0.05, 0) is 29.8 Å². The number of carbonyl (C=O) groups excluding carboxylic acids is 1. The molecule has 0 saturated heterocycles. The third kappa shape index (κ3) is 2.99. The first-order valence-corrected chi connectivity index (χ1v) is 7.74. The SMILES string of the molecule is O=C(Cn1ccc(=O)c2ccccc21)OCc1ccc2n[nH]nc2c1. The summed E-state index contributed by atoms with van der Waals surface area (Å²) in [6.07, 6.45) is 1.60. The van der Waals surface area contributed by atoms with Gasteiger partial charge in [0.15, 0.2) is 5.43 Å². The van der Waals surface area contributed by atoms with Crippen molar-refractivity contribution in [3.8, 4) is 0 Å². The summed E-state index contributed by atoms with van der Waals surface area (Å²) in [5.41, 5.74) is 2.95. The Balaban J connectivity index is 1.49. The van der Waals surface area contributed by atoms with E-state index in [9.17, 15) is 9.59 Å². The van der Waals surface area contributed by atoms with Gasteiger partial charge in [-0.25, -0.2) is 0 Å². The van der Waals surface area contributed by atoms with Crippen molar-refractivity contribution in [1.82, 2.24) is 20.0 Å². The van der Waals surface area contributed by atoms with Gasteiger partial charge in [0, 0.05) is 17.6 Å². The molecule has 2 heterocycles. The number of para-hydroxylation sites is 1. The van der Waals surface area contributed by atoms with Crippen LogP contribution in [0.25, 0.3) is 21.9 Å². The van der Waals surface area contributed by atoms with E-state index < -0.39 is 0 Å². The normalized spacial score (nSPS) is 11.0. The van der Waals surface area contributed by atoms with Gasteiger partial charge in [0.05, 0.1) is 5.52 Å². The number of fused-ring (bicyclic) bond motifs is 2. The van der Waals surface area contributed by atoms with Crippen LogP contribution in [0.2, 0.25) is 0 Å². The summed E-state index contributed by atoms with van der Waals surface area (Å²) < 4.78 is 7.05. The van der Waals surface area contributed by atoms with Crippen LogP contribution in [0.3, 0.4) is 0 Å². The number of rotatable bonds is 4. The fourth-order valence-electron chi connectivity index (χ4n) is 2.72. The van der Waals surface area contributed by atoms with Crippen LogP contribution in [0.15, 0.2) is 59.5 Å². The Morgan fingerprint density at radius 1 is 1.08 bits per heavy atom. The van der Waals surface area contributed by atoms with E-state index in [1.54, 1.807) is 22.9 Å². The molecule has 7 nitrogen and oxygen atoms in total. The number of hydrogen-bond donors (Lipinski definition) is 1. The highest BCUT2D eigenvalue weighted by molar-refractivity contribution is 5.80. The molecule has 0 aliphatic carbocycles. The molecule has 4 aromatic rings. The second-order valence-electron chi connectivity index (χ2n) is 5.63.